The Bertz CT molecular complexity index is 373. The Balaban J connectivity index is 0.00000128. The molecule has 1 aromatic heterocycles. The monoisotopic (exact) mass is 352 g/mol. The lowest BCUT2D eigenvalue weighted by Crippen LogP contribution is -2.35. The third-order valence-corrected chi connectivity index (χ3v) is 3.42. The quantitative estimate of drug-likeness (QED) is 0.514. The third-order valence-electron chi connectivity index (χ3n) is 2.52. The number of aliphatic imine (C=N–C) groups is 1. The van der Waals surface area contributed by atoms with Crippen molar-refractivity contribution in [3.8, 4) is 0 Å². The number of aromatic nitrogens is 1. The highest BCUT2D eigenvalue weighted by Crippen LogP contribution is 2.25. The van der Waals surface area contributed by atoms with Crippen LogP contribution < -0.4 is 5.73 Å². The van der Waals surface area contributed by atoms with E-state index in [9.17, 15) is 0 Å². The molecule has 0 atom stereocenters. The molecular formula is C10H17IN4S. The summed E-state index contributed by atoms with van der Waals surface area (Å²) in [5, 5.41) is 1.08. The van der Waals surface area contributed by atoms with Crippen LogP contribution in [0.5, 0.6) is 0 Å². The summed E-state index contributed by atoms with van der Waals surface area (Å²) in [6, 6.07) is 0.622. The molecule has 1 fully saturated rings. The Morgan fingerprint density at radius 3 is 2.88 bits per heavy atom. The zero-order chi connectivity index (χ0) is 10.8. The van der Waals surface area contributed by atoms with E-state index in [4.69, 9.17) is 5.73 Å². The Kier molecular flexibility index (Phi) is 4.97. The van der Waals surface area contributed by atoms with Crippen molar-refractivity contribution in [3.05, 3.63) is 16.1 Å². The number of hydrogen-bond donors (Lipinski definition) is 1. The highest BCUT2D eigenvalue weighted by Gasteiger charge is 2.27. The van der Waals surface area contributed by atoms with Crippen LogP contribution in [-0.2, 0) is 6.54 Å². The first-order valence-electron chi connectivity index (χ1n) is 5.11. The topological polar surface area (TPSA) is 54.5 Å². The van der Waals surface area contributed by atoms with Gasteiger partial charge in [-0.05, 0) is 19.8 Å². The van der Waals surface area contributed by atoms with Crippen LogP contribution in [0.2, 0.25) is 0 Å². The van der Waals surface area contributed by atoms with E-state index in [-0.39, 0.29) is 24.0 Å². The summed E-state index contributed by atoms with van der Waals surface area (Å²) in [4.78, 5) is 11.8. The Hall–Kier alpha value is -0.370. The van der Waals surface area contributed by atoms with Crippen molar-refractivity contribution < 1.29 is 0 Å². The molecule has 0 amide bonds. The molecule has 6 heteroatoms. The summed E-state index contributed by atoms with van der Waals surface area (Å²) in [6.45, 7) is 2.64. The number of hydrogen-bond acceptors (Lipinski definition) is 3. The van der Waals surface area contributed by atoms with Crippen molar-refractivity contribution in [2.75, 3.05) is 7.05 Å². The Morgan fingerprint density at radius 2 is 2.38 bits per heavy atom. The molecule has 1 aliphatic rings. The van der Waals surface area contributed by atoms with Gasteiger partial charge in [-0.3, -0.25) is 0 Å². The van der Waals surface area contributed by atoms with Crippen LogP contribution in [0.25, 0.3) is 0 Å². The first kappa shape index (κ1) is 13.7. The molecule has 0 aromatic carbocycles. The number of guanidine groups is 1. The summed E-state index contributed by atoms with van der Waals surface area (Å²) in [6.07, 6.45) is 4.35. The van der Waals surface area contributed by atoms with E-state index in [0.717, 1.165) is 5.01 Å². The van der Waals surface area contributed by atoms with Crippen LogP contribution >= 0.6 is 35.3 Å². The van der Waals surface area contributed by atoms with Crippen LogP contribution in [0.15, 0.2) is 11.2 Å². The van der Waals surface area contributed by atoms with E-state index in [2.05, 4.69) is 14.9 Å². The Morgan fingerprint density at radius 1 is 1.69 bits per heavy atom. The van der Waals surface area contributed by atoms with Gasteiger partial charge in [0.2, 0.25) is 0 Å². The summed E-state index contributed by atoms with van der Waals surface area (Å²) in [5.41, 5.74) is 5.87. The molecule has 0 unspecified atom stereocenters. The lowest BCUT2D eigenvalue weighted by molar-refractivity contribution is 0.487. The van der Waals surface area contributed by atoms with Gasteiger partial charge >= 0.3 is 0 Å². The second-order valence-corrected chi connectivity index (χ2v) is 5.18. The molecule has 16 heavy (non-hydrogen) atoms. The lowest BCUT2D eigenvalue weighted by Gasteiger charge is -2.16. The lowest BCUT2D eigenvalue weighted by atomic mass is 10.5. The average Bonchev–Trinajstić information content (AvgIpc) is 2.98. The van der Waals surface area contributed by atoms with Gasteiger partial charge < -0.3 is 10.6 Å². The molecule has 1 aromatic rings. The van der Waals surface area contributed by atoms with E-state index in [0.29, 0.717) is 18.5 Å². The van der Waals surface area contributed by atoms with E-state index >= 15 is 0 Å². The van der Waals surface area contributed by atoms with Gasteiger partial charge in [0.05, 0.1) is 11.6 Å². The zero-order valence-corrected chi connectivity index (χ0v) is 12.7. The summed E-state index contributed by atoms with van der Waals surface area (Å²) >= 11 is 1.67. The van der Waals surface area contributed by atoms with Crippen LogP contribution in [0.3, 0.4) is 0 Å². The van der Waals surface area contributed by atoms with Crippen LogP contribution in [0, 0.1) is 6.92 Å². The maximum absolute atomic E-state index is 5.87. The fraction of sp³-hybridized carbons (Fsp3) is 0.600. The standard InChI is InChI=1S/C10H16N4S.HI/c1-7-12-5-9(15-7)6-13-10(11)14(2)8-3-4-8;/h5,8H,3-4,6H2,1-2H3,(H2,11,13);1H. The number of rotatable bonds is 3. The molecule has 1 heterocycles. The fourth-order valence-electron chi connectivity index (χ4n) is 1.40. The van der Waals surface area contributed by atoms with Crippen molar-refractivity contribution >= 4 is 41.3 Å². The molecule has 90 valence electrons. The SMILES string of the molecule is Cc1ncc(CN=C(N)N(C)C2CC2)s1.I. The van der Waals surface area contributed by atoms with Crippen LogP contribution in [0.4, 0.5) is 0 Å². The highest BCUT2D eigenvalue weighted by molar-refractivity contribution is 14.0. The molecular weight excluding hydrogens is 335 g/mol. The maximum Gasteiger partial charge on any atom is 0.191 e. The predicted octanol–water partition coefficient (Wildman–Crippen LogP) is 1.98. The number of nitrogens with two attached hydrogens (primary N) is 1. The predicted molar refractivity (Wildman–Crippen MR) is 78.4 cm³/mol. The Labute approximate surface area is 117 Å². The van der Waals surface area contributed by atoms with Crippen molar-refractivity contribution in [3.63, 3.8) is 0 Å². The van der Waals surface area contributed by atoms with Gasteiger partial charge in [-0.15, -0.1) is 35.3 Å². The normalized spacial score (nSPS) is 15.8. The second-order valence-electron chi connectivity index (χ2n) is 3.86. The summed E-state index contributed by atoms with van der Waals surface area (Å²) in [7, 11) is 2.01. The number of nitrogens with zero attached hydrogens (tertiary/aromatic N) is 3. The highest BCUT2D eigenvalue weighted by atomic mass is 127. The molecule has 1 saturated carbocycles. The molecule has 0 aliphatic heterocycles. The number of thiazole rings is 1. The second kappa shape index (κ2) is 5.81. The summed E-state index contributed by atoms with van der Waals surface area (Å²) < 4.78 is 0. The van der Waals surface area contributed by atoms with Crippen molar-refractivity contribution in [1.82, 2.24) is 9.88 Å². The minimum atomic E-state index is 0. The number of aryl methyl sites for hydroxylation is 1. The van der Waals surface area contributed by atoms with E-state index in [1.54, 1.807) is 11.3 Å². The minimum Gasteiger partial charge on any atom is -0.370 e. The smallest absolute Gasteiger partial charge is 0.191 e. The van der Waals surface area contributed by atoms with Crippen molar-refractivity contribution in [2.24, 2.45) is 10.7 Å². The number of halogens is 1. The fourth-order valence-corrected chi connectivity index (χ4v) is 2.12. The van der Waals surface area contributed by atoms with Gasteiger partial charge in [0.15, 0.2) is 5.96 Å². The van der Waals surface area contributed by atoms with Gasteiger partial charge in [0.25, 0.3) is 0 Å². The molecule has 0 radical (unpaired) electrons. The van der Waals surface area contributed by atoms with Crippen molar-refractivity contribution in [1.29, 1.82) is 0 Å². The largest absolute Gasteiger partial charge is 0.370 e. The minimum absolute atomic E-state index is 0. The van der Waals surface area contributed by atoms with Gasteiger partial charge in [0, 0.05) is 24.2 Å². The molecule has 2 rings (SSSR count). The van der Waals surface area contributed by atoms with E-state index < -0.39 is 0 Å². The van der Waals surface area contributed by atoms with Crippen molar-refractivity contribution in [2.45, 2.75) is 32.4 Å². The van der Waals surface area contributed by atoms with Crippen LogP contribution in [0.1, 0.15) is 22.7 Å². The van der Waals surface area contributed by atoms with E-state index in [1.807, 2.05) is 20.2 Å². The first-order chi connectivity index (χ1) is 7.16. The van der Waals surface area contributed by atoms with Crippen LogP contribution in [-0.4, -0.2) is 28.9 Å². The average molecular weight is 352 g/mol. The third kappa shape index (κ3) is 3.58. The van der Waals surface area contributed by atoms with Gasteiger partial charge in [-0.2, -0.15) is 0 Å². The first-order valence-corrected chi connectivity index (χ1v) is 5.92. The molecule has 0 saturated heterocycles. The van der Waals surface area contributed by atoms with E-state index in [1.165, 1.54) is 17.7 Å². The molecule has 4 nitrogen and oxygen atoms in total. The maximum atomic E-state index is 5.87. The van der Waals surface area contributed by atoms with Gasteiger partial charge in [0.1, 0.15) is 0 Å². The van der Waals surface area contributed by atoms with Gasteiger partial charge in [-0.1, -0.05) is 0 Å². The zero-order valence-electron chi connectivity index (χ0n) is 9.51. The summed E-state index contributed by atoms with van der Waals surface area (Å²) in [5.74, 6) is 0.642. The molecule has 1 aliphatic carbocycles. The van der Waals surface area contributed by atoms with Gasteiger partial charge in [-0.25, -0.2) is 9.98 Å². The molecule has 0 bridgehead atoms. The molecule has 0 spiro atoms. The molecule has 2 N–H and O–H groups in total.